The van der Waals surface area contributed by atoms with E-state index in [0.717, 1.165) is 36.3 Å². The molecule has 2 aliphatic rings. The maximum atomic E-state index is 14.5. The summed E-state index contributed by atoms with van der Waals surface area (Å²) < 4.78 is 47.9. The Bertz CT molecular complexity index is 817. The Kier molecular flexibility index (Phi) is 5.62. The van der Waals surface area contributed by atoms with E-state index in [1.807, 2.05) is 0 Å². The largest absolute Gasteiger partial charge is 0.350 e. The third-order valence-electron chi connectivity index (χ3n) is 5.16. The third-order valence-corrected chi connectivity index (χ3v) is 6.74. The minimum atomic E-state index is -0.579. The standard InChI is InChI=1S/C20H20F3NOS2/c21-13-3-6-18-19(9-13)27-20(24-18)25-10-15-16(22)7-12(8-17(15)23)11-1-4-14(26)5-2-11/h3,6-9,11,14,20,24,26H,1-2,4-5,10H2. The predicted octanol–water partition coefficient (Wildman–Crippen LogP) is 6.08. The first kappa shape index (κ1) is 19.0. The van der Waals surface area contributed by atoms with Gasteiger partial charge in [-0.2, -0.15) is 12.6 Å². The third kappa shape index (κ3) is 4.25. The smallest absolute Gasteiger partial charge is 0.181 e. The summed E-state index contributed by atoms with van der Waals surface area (Å²) in [4.78, 5) is 0.719. The molecule has 2 aromatic carbocycles. The molecule has 1 unspecified atom stereocenters. The number of hydrogen-bond donors (Lipinski definition) is 2. The molecule has 2 nitrogen and oxygen atoms in total. The number of hydrogen-bond acceptors (Lipinski definition) is 4. The number of thiol groups is 1. The number of thioether (sulfide) groups is 1. The van der Waals surface area contributed by atoms with Crippen LogP contribution in [0.25, 0.3) is 0 Å². The zero-order chi connectivity index (χ0) is 19.0. The SMILES string of the molecule is Fc1ccc2c(c1)SC(OCc1c(F)cc(C3CCC(S)CC3)cc1F)N2. The van der Waals surface area contributed by atoms with Gasteiger partial charge in [0.15, 0.2) is 5.56 Å². The van der Waals surface area contributed by atoms with Gasteiger partial charge in [-0.05, 0) is 67.5 Å². The molecule has 0 aromatic heterocycles. The Balaban J connectivity index is 1.41. The lowest BCUT2D eigenvalue weighted by atomic mass is 9.83. The minimum Gasteiger partial charge on any atom is -0.350 e. The van der Waals surface area contributed by atoms with Gasteiger partial charge < -0.3 is 10.1 Å². The van der Waals surface area contributed by atoms with E-state index < -0.39 is 17.2 Å². The highest BCUT2D eigenvalue weighted by atomic mass is 32.2. The van der Waals surface area contributed by atoms with Gasteiger partial charge in [0.25, 0.3) is 0 Å². The van der Waals surface area contributed by atoms with Crippen LogP contribution < -0.4 is 5.32 Å². The van der Waals surface area contributed by atoms with Gasteiger partial charge in [-0.1, -0.05) is 11.8 Å². The second kappa shape index (κ2) is 7.97. The van der Waals surface area contributed by atoms with Crippen molar-refractivity contribution in [1.29, 1.82) is 0 Å². The maximum absolute atomic E-state index is 14.5. The van der Waals surface area contributed by atoms with Crippen molar-refractivity contribution >= 4 is 30.1 Å². The predicted molar refractivity (Wildman–Crippen MR) is 105 cm³/mol. The van der Waals surface area contributed by atoms with Gasteiger partial charge >= 0.3 is 0 Å². The Morgan fingerprint density at radius 1 is 1.04 bits per heavy atom. The maximum Gasteiger partial charge on any atom is 0.181 e. The molecule has 1 atom stereocenters. The fourth-order valence-electron chi connectivity index (χ4n) is 3.62. The molecule has 1 saturated carbocycles. The molecule has 0 amide bonds. The van der Waals surface area contributed by atoms with Gasteiger partial charge in [0.05, 0.1) is 12.3 Å². The number of ether oxygens (including phenoxy) is 1. The number of rotatable bonds is 4. The summed E-state index contributed by atoms with van der Waals surface area (Å²) in [5, 5.41) is 3.45. The molecule has 1 N–H and O–H groups in total. The Morgan fingerprint density at radius 2 is 1.74 bits per heavy atom. The van der Waals surface area contributed by atoms with Crippen LogP contribution in [0, 0.1) is 17.5 Å². The van der Waals surface area contributed by atoms with Gasteiger partial charge in [-0.25, -0.2) is 13.2 Å². The van der Waals surface area contributed by atoms with E-state index in [9.17, 15) is 13.2 Å². The molecule has 4 rings (SSSR count). The molecule has 1 fully saturated rings. The zero-order valence-corrected chi connectivity index (χ0v) is 16.3. The van der Waals surface area contributed by atoms with E-state index in [0.29, 0.717) is 10.8 Å². The fourth-order valence-corrected chi connectivity index (χ4v) is 4.91. The lowest BCUT2D eigenvalue weighted by molar-refractivity contribution is 0.112. The second-order valence-corrected chi connectivity index (χ2v) is 8.85. The zero-order valence-electron chi connectivity index (χ0n) is 14.6. The molecule has 144 valence electrons. The van der Waals surface area contributed by atoms with Crippen LogP contribution >= 0.6 is 24.4 Å². The first-order valence-corrected chi connectivity index (χ1v) is 10.4. The number of nitrogens with one attached hydrogen (secondary N) is 1. The number of benzene rings is 2. The normalized spacial score (nSPS) is 24.5. The summed E-state index contributed by atoms with van der Waals surface area (Å²) in [7, 11) is 0. The molecule has 0 radical (unpaired) electrons. The van der Waals surface area contributed by atoms with Crippen LogP contribution in [-0.2, 0) is 11.3 Å². The highest BCUT2D eigenvalue weighted by Crippen LogP contribution is 2.40. The summed E-state index contributed by atoms with van der Waals surface area (Å²) in [6.07, 6.45) is 3.74. The Hall–Kier alpha value is -1.31. The summed E-state index contributed by atoms with van der Waals surface area (Å²) in [5.41, 5.74) is 0.879. The van der Waals surface area contributed by atoms with Crippen LogP contribution in [0.4, 0.5) is 18.9 Å². The van der Waals surface area contributed by atoms with Crippen LogP contribution in [0.3, 0.4) is 0 Å². The lowest BCUT2D eigenvalue weighted by Crippen LogP contribution is -2.16. The van der Waals surface area contributed by atoms with Crippen molar-refractivity contribution in [2.24, 2.45) is 0 Å². The summed E-state index contributed by atoms with van der Waals surface area (Å²) in [5.74, 6) is -1.30. The van der Waals surface area contributed by atoms with Gasteiger partial charge in [0.2, 0.25) is 0 Å². The Labute approximate surface area is 166 Å². The van der Waals surface area contributed by atoms with Crippen molar-refractivity contribution in [3.8, 4) is 0 Å². The molecule has 27 heavy (non-hydrogen) atoms. The first-order chi connectivity index (χ1) is 13.0. The molecule has 7 heteroatoms. The van der Waals surface area contributed by atoms with Crippen molar-refractivity contribution in [3.05, 3.63) is 58.9 Å². The van der Waals surface area contributed by atoms with Crippen LogP contribution in [0.1, 0.15) is 42.7 Å². The average Bonchev–Trinajstić information content (AvgIpc) is 3.03. The van der Waals surface area contributed by atoms with Crippen LogP contribution in [-0.4, -0.2) is 10.8 Å². The summed E-state index contributed by atoms with van der Waals surface area (Å²) in [6.45, 7) is -0.192. The molecule has 0 bridgehead atoms. The van der Waals surface area contributed by atoms with Gasteiger partial charge in [-0.3, -0.25) is 0 Å². The van der Waals surface area contributed by atoms with E-state index in [4.69, 9.17) is 4.74 Å². The molecular weight excluding hydrogens is 391 g/mol. The van der Waals surface area contributed by atoms with Crippen molar-refractivity contribution in [2.45, 2.75) is 53.9 Å². The molecule has 2 aromatic rings. The number of fused-ring (bicyclic) bond motifs is 1. The van der Waals surface area contributed by atoms with Crippen molar-refractivity contribution in [2.75, 3.05) is 5.32 Å². The fraction of sp³-hybridized carbons (Fsp3) is 0.400. The quantitative estimate of drug-likeness (QED) is 0.596. The molecule has 0 spiro atoms. The van der Waals surface area contributed by atoms with E-state index in [-0.39, 0.29) is 23.9 Å². The van der Waals surface area contributed by atoms with Crippen molar-refractivity contribution < 1.29 is 17.9 Å². The summed E-state index contributed by atoms with van der Waals surface area (Å²) >= 11 is 5.75. The van der Waals surface area contributed by atoms with Gasteiger partial charge in [-0.15, -0.1) is 0 Å². The number of anilines is 1. The molecule has 0 saturated heterocycles. The van der Waals surface area contributed by atoms with Crippen molar-refractivity contribution in [3.63, 3.8) is 0 Å². The Morgan fingerprint density at radius 3 is 2.44 bits per heavy atom. The topological polar surface area (TPSA) is 21.3 Å². The molecular formula is C20H20F3NOS2. The summed E-state index contributed by atoms with van der Waals surface area (Å²) in [6, 6.07) is 7.26. The van der Waals surface area contributed by atoms with E-state index in [2.05, 4.69) is 17.9 Å². The van der Waals surface area contributed by atoms with Crippen LogP contribution in [0.15, 0.2) is 35.2 Å². The van der Waals surface area contributed by atoms with Gasteiger partial charge in [0, 0.05) is 15.7 Å². The highest BCUT2D eigenvalue weighted by Gasteiger charge is 2.25. The van der Waals surface area contributed by atoms with E-state index >= 15 is 0 Å². The molecule has 1 heterocycles. The van der Waals surface area contributed by atoms with Crippen molar-refractivity contribution in [1.82, 2.24) is 0 Å². The van der Waals surface area contributed by atoms with Crippen LogP contribution in [0.5, 0.6) is 0 Å². The lowest BCUT2D eigenvalue weighted by Gasteiger charge is -2.26. The molecule has 1 aliphatic carbocycles. The van der Waals surface area contributed by atoms with Crippen LogP contribution in [0.2, 0.25) is 0 Å². The van der Waals surface area contributed by atoms with Gasteiger partial charge in [0.1, 0.15) is 17.5 Å². The minimum absolute atomic E-state index is 0.0776. The van der Waals surface area contributed by atoms with E-state index in [1.54, 1.807) is 6.07 Å². The number of halogens is 3. The molecule has 1 aliphatic heterocycles. The monoisotopic (exact) mass is 411 g/mol. The van der Waals surface area contributed by atoms with E-state index in [1.165, 1.54) is 36.0 Å². The average molecular weight is 412 g/mol. The first-order valence-electron chi connectivity index (χ1n) is 9.00. The highest BCUT2D eigenvalue weighted by molar-refractivity contribution is 8.00. The second-order valence-electron chi connectivity index (χ2n) is 7.01.